The molecule has 136 valence electrons. The zero-order valence-electron chi connectivity index (χ0n) is 14.7. The molecule has 0 spiro atoms. The first kappa shape index (κ1) is 18.4. The van der Waals surface area contributed by atoms with Crippen LogP contribution in [0.2, 0.25) is 5.02 Å². The molecule has 26 heavy (non-hydrogen) atoms. The Morgan fingerprint density at radius 3 is 2.81 bits per heavy atom. The molecule has 2 aromatic rings. The van der Waals surface area contributed by atoms with E-state index < -0.39 is 0 Å². The molecule has 0 saturated carbocycles. The van der Waals surface area contributed by atoms with Crippen molar-refractivity contribution in [2.24, 2.45) is 5.92 Å². The minimum Gasteiger partial charge on any atom is -0.493 e. The van der Waals surface area contributed by atoms with E-state index in [0.717, 1.165) is 35.9 Å². The molecule has 1 N–H and O–H groups in total. The Labute approximate surface area is 159 Å². The summed E-state index contributed by atoms with van der Waals surface area (Å²) in [6.45, 7) is 6.19. The highest BCUT2D eigenvalue weighted by molar-refractivity contribution is 6.30. The van der Waals surface area contributed by atoms with Crippen LogP contribution in [-0.2, 0) is 4.74 Å². The van der Waals surface area contributed by atoms with Gasteiger partial charge < -0.3 is 19.5 Å². The minimum atomic E-state index is 0.472. The molecule has 0 amide bonds. The van der Waals surface area contributed by atoms with Gasteiger partial charge in [-0.2, -0.15) is 0 Å². The lowest BCUT2D eigenvalue weighted by Crippen LogP contribution is -2.32. The van der Waals surface area contributed by atoms with Gasteiger partial charge in [-0.25, -0.2) is 0 Å². The molecule has 2 aromatic carbocycles. The first-order chi connectivity index (χ1) is 12.6. The molecule has 1 heterocycles. The van der Waals surface area contributed by atoms with E-state index in [9.17, 15) is 0 Å². The maximum absolute atomic E-state index is 5.99. The van der Waals surface area contributed by atoms with Crippen LogP contribution in [0.1, 0.15) is 5.56 Å². The SMILES string of the molecule is C=C(/C=C/c1ccc(OCC2COC2)c(OC)c1)Nc1cccc(Cl)c1. The number of methoxy groups -OCH3 is 1. The number of hydrogen-bond donors (Lipinski definition) is 1. The van der Waals surface area contributed by atoms with Crippen LogP contribution in [0.5, 0.6) is 11.5 Å². The van der Waals surface area contributed by atoms with Crippen LogP contribution >= 0.6 is 11.6 Å². The van der Waals surface area contributed by atoms with E-state index in [2.05, 4.69) is 11.9 Å². The number of rotatable bonds is 8. The molecule has 1 aliphatic rings. The molecule has 1 aliphatic heterocycles. The van der Waals surface area contributed by atoms with Gasteiger partial charge in [-0.3, -0.25) is 0 Å². The Kier molecular flexibility index (Phi) is 6.21. The third-order valence-electron chi connectivity index (χ3n) is 3.98. The maximum Gasteiger partial charge on any atom is 0.161 e. The van der Waals surface area contributed by atoms with Crippen molar-refractivity contribution in [2.45, 2.75) is 0 Å². The van der Waals surface area contributed by atoms with Gasteiger partial charge in [-0.05, 0) is 42.0 Å². The number of allylic oxidation sites excluding steroid dienone is 1. The molecule has 0 unspecified atom stereocenters. The van der Waals surface area contributed by atoms with Gasteiger partial charge in [0.2, 0.25) is 0 Å². The maximum atomic E-state index is 5.99. The second kappa shape index (κ2) is 8.79. The lowest BCUT2D eigenvalue weighted by atomic mass is 10.1. The smallest absolute Gasteiger partial charge is 0.161 e. The van der Waals surface area contributed by atoms with Crippen molar-refractivity contribution in [1.29, 1.82) is 0 Å². The van der Waals surface area contributed by atoms with Crippen molar-refractivity contribution in [3.8, 4) is 11.5 Å². The molecular weight excluding hydrogens is 350 g/mol. The van der Waals surface area contributed by atoms with Crippen molar-refractivity contribution in [3.05, 3.63) is 71.4 Å². The molecule has 3 rings (SSSR count). The summed E-state index contributed by atoms with van der Waals surface area (Å²) in [5, 5.41) is 3.89. The van der Waals surface area contributed by atoms with Crippen LogP contribution in [0.25, 0.3) is 6.08 Å². The summed E-state index contributed by atoms with van der Waals surface area (Å²) >= 11 is 5.99. The van der Waals surface area contributed by atoms with E-state index in [4.69, 9.17) is 25.8 Å². The van der Waals surface area contributed by atoms with Crippen LogP contribution in [0.3, 0.4) is 0 Å². The molecule has 0 aliphatic carbocycles. The van der Waals surface area contributed by atoms with E-state index in [-0.39, 0.29) is 0 Å². The standard InChI is InChI=1S/C21H22ClNO3/c1-15(23-19-5-3-4-18(22)11-19)6-7-16-8-9-20(21(10-16)24-2)26-14-17-12-25-13-17/h3-11,17,23H,1,12-14H2,2H3/b7-6+. The monoisotopic (exact) mass is 371 g/mol. The third-order valence-corrected chi connectivity index (χ3v) is 4.21. The van der Waals surface area contributed by atoms with Crippen molar-refractivity contribution < 1.29 is 14.2 Å². The average molecular weight is 372 g/mol. The Balaban J connectivity index is 1.60. The van der Waals surface area contributed by atoms with Crippen molar-refractivity contribution >= 4 is 23.4 Å². The molecule has 0 bridgehead atoms. The molecule has 0 aromatic heterocycles. The molecule has 4 nitrogen and oxygen atoms in total. The first-order valence-corrected chi connectivity index (χ1v) is 8.80. The largest absolute Gasteiger partial charge is 0.493 e. The molecule has 1 fully saturated rings. The normalized spacial score (nSPS) is 14.1. The van der Waals surface area contributed by atoms with E-state index in [1.807, 2.05) is 54.6 Å². The number of ether oxygens (including phenoxy) is 3. The summed E-state index contributed by atoms with van der Waals surface area (Å²) < 4.78 is 16.4. The third kappa shape index (κ3) is 5.04. The van der Waals surface area contributed by atoms with E-state index >= 15 is 0 Å². The van der Waals surface area contributed by atoms with E-state index in [1.165, 1.54) is 0 Å². The number of benzene rings is 2. The summed E-state index contributed by atoms with van der Waals surface area (Å²) in [7, 11) is 1.64. The predicted octanol–water partition coefficient (Wildman–Crippen LogP) is 5.01. The van der Waals surface area contributed by atoms with Gasteiger partial charge >= 0.3 is 0 Å². The summed E-state index contributed by atoms with van der Waals surface area (Å²) in [5.41, 5.74) is 2.65. The Hall–Kier alpha value is -2.43. The van der Waals surface area contributed by atoms with Gasteiger partial charge in [-0.15, -0.1) is 0 Å². The van der Waals surface area contributed by atoms with Crippen LogP contribution in [0.15, 0.2) is 60.8 Å². The average Bonchev–Trinajstić information content (AvgIpc) is 2.59. The fraction of sp³-hybridized carbons (Fsp3) is 0.238. The lowest BCUT2D eigenvalue weighted by molar-refractivity contribution is -0.0511. The Morgan fingerprint density at radius 1 is 1.27 bits per heavy atom. The lowest BCUT2D eigenvalue weighted by Gasteiger charge is -2.26. The van der Waals surface area contributed by atoms with Crippen LogP contribution < -0.4 is 14.8 Å². The zero-order valence-corrected chi connectivity index (χ0v) is 15.5. The summed E-state index contributed by atoms with van der Waals surface area (Å²) in [4.78, 5) is 0. The quantitative estimate of drug-likeness (QED) is 0.662. The van der Waals surface area contributed by atoms with Gasteiger partial charge in [0.1, 0.15) is 0 Å². The molecular formula is C21H22ClNO3. The molecule has 5 heteroatoms. The molecule has 0 atom stereocenters. The fourth-order valence-electron chi connectivity index (χ4n) is 2.49. The second-order valence-electron chi connectivity index (χ2n) is 6.12. The Bertz CT molecular complexity index is 800. The van der Waals surface area contributed by atoms with Gasteiger partial charge in [0, 0.05) is 22.3 Å². The highest BCUT2D eigenvalue weighted by Gasteiger charge is 2.19. The molecule has 0 radical (unpaired) electrons. The van der Waals surface area contributed by atoms with Gasteiger partial charge in [-0.1, -0.05) is 36.4 Å². The van der Waals surface area contributed by atoms with Gasteiger partial charge in [0.25, 0.3) is 0 Å². The predicted molar refractivity (Wildman–Crippen MR) is 106 cm³/mol. The first-order valence-electron chi connectivity index (χ1n) is 8.42. The van der Waals surface area contributed by atoms with Crippen molar-refractivity contribution in [2.75, 3.05) is 32.2 Å². The number of hydrogen-bond acceptors (Lipinski definition) is 4. The second-order valence-corrected chi connectivity index (χ2v) is 6.56. The molecule has 1 saturated heterocycles. The van der Waals surface area contributed by atoms with Crippen LogP contribution in [0.4, 0.5) is 5.69 Å². The highest BCUT2D eigenvalue weighted by atomic mass is 35.5. The van der Waals surface area contributed by atoms with Crippen molar-refractivity contribution in [3.63, 3.8) is 0 Å². The number of anilines is 1. The van der Waals surface area contributed by atoms with Crippen LogP contribution in [0, 0.1) is 5.92 Å². The van der Waals surface area contributed by atoms with E-state index in [1.54, 1.807) is 7.11 Å². The highest BCUT2D eigenvalue weighted by Crippen LogP contribution is 2.29. The number of nitrogens with one attached hydrogen (secondary N) is 1. The van der Waals surface area contributed by atoms with Crippen molar-refractivity contribution in [1.82, 2.24) is 0 Å². The summed E-state index contributed by atoms with van der Waals surface area (Å²) in [6, 6.07) is 13.4. The van der Waals surface area contributed by atoms with Gasteiger partial charge in [0.15, 0.2) is 11.5 Å². The minimum absolute atomic E-state index is 0.472. The topological polar surface area (TPSA) is 39.7 Å². The zero-order chi connectivity index (χ0) is 18.4. The summed E-state index contributed by atoms with van der Waals surface area (Å²) in [6.07, 6.45) is 3.87. The number of halogens is 1. The summed E-state index contributed by atoms with van der Waals surface area (Å²) in [5.74, 6) is 1.92. The van der Waals surface area contributed by atoms with Crippen LogP contribution in [-0.4, -0.2) is 26.9 Å². The fourth-order valence-corrected chi connectivity index (χ4v) is 2.68. The Morgan fingerprint density at radius 2 is 2.12 bits per heavy atom. The van der Waals surface area contributed by atoms with Gasteiger partial charge in [0.05, 0.1) is 26.9 Å². The van der Waals surface area contributed by atoms with E-state index in [0.29, 0.717) is 23.3 Å².